The van der Waals surface area contributed by atoms with Crippen molar-refractivity contribution in [1.82, 2.24) is 14.5 Å². The summed E-state index contributed by atoms with van der Waals surface area (Å²) in [6, 6.07) is 10.3. The first kappa shape index (κ1) is 20.3. The molecule has 0 radical (unpaired) electrons. The molecule has 1 aromatic rings. The smallest absolute Gasteiger partial charge is 0.244 e. The van der Waals surface area contributed by atoms with E-state index in [2.05, 4.69) is 11.4 Å². The molecular formula is C19H23N5O3S. The third-order valence-corrected chi connectivity index (χ3v) is 7.31. The van der Waals surface area contributed by atoms with Crippen LogP contribution in [0.2, 0.25) is 0 Å². The highest BCUT2D eigenvalue weighted by atomic mass is 32.2. The van der Waals surface area contributed by atoms with Gasteiger partial charge in [0.05, 0.1) is 23.1 Å². The summed E-state index contributed by atoms with van der Waals surface area (Å²) in [5.41, 5.74) is -0.705. The highest BCUT2D eigenvalue weighted by Crippen LogP contribution is 2.39. The molecule has 8 nitrogen and oxygen atoms in total. The van der Waals surface area contributed by atoms with Crippen LogP contribution < -0.4 is 5.32 Å². The molecule has 2 aliphatic rings. The minimum atomic E-state index is -3.75. The molecule has 2 fully saturated rings. The molecule has 0 bridgehead atoms. The normalized spacial score (nSPS) is 20.5. The number of hydrogen-bond donors (Lipinski definition) is 1. The topological polar surface area (TPSA) is 117 Å². The summed E-state index contributed by atoms with van der Waals surface area (Å²) < 4.78 is 27.0. The molecule has 28 heavy (non-hydrogen) atoms. The van der Waals surface area contributed by atoms with Gasteiger partial charge in [0.15, 0.2) is 0 Å². The van der Waals surface area contributed by atoms with E-state index in [0.717, 1.165) is 12.8 Å². The molecule has 1 atom stereocenters. The van der Waals surface area contributed by atoms with Gasteiger partial charge >= 0.3 is 0 Å². The van der Waals surface area contributed by atoms with Crippen molar-refractivity contribution in [2.24, 2.45) is 5.92 Å². The molecule has 1 aliphatic heterocycles. The fraction of sp³-hybridized carbons (Fsp3) is 0.526. The fourth-order valence-electron chi connectivity index (χ4n) is 3.47. The van der Waals surface area contributed by atoms with Crippen molar-refractivity contribution in [2.75, 3.05) is 32.7 Å². The van der Waals surface area contributed by atoms with Crippen LogP contribution >= 0.6 is 0 Å². The SMILES string of the molecule is C[C@](C#N)(NC(=O)CN1CCN(S(=O)(=O)c2ccccc2C#N)CC1)C1CC1. The molecule has 1 saturated carbocycles. The van der Waals surface area contributed by atoms with Crippen molar-refractivity contribution in [3.05, 3.63) is 29.8 Å². The maximum atomic E-state index is 12.8. The first-order valence-corrected chi connectivity index (χ1v) is 10.7. The van der Waals surface area contributed by atoms with Gasteiger partial charge in [0.1, 0.15) is 11.6 Å². The van der Waals surface area contributed by atoms with Gasteiger partial charge in [0, 0.05) is 26.2 Å². The number of nitriles is 2. The molecule has 0 spiro atoms. The zero-order valence-electron chi connectivity index (χ0n) is 15.8. The highest BCUT2D eigenvalue weighted by molar-refractivity contribution is 7.89. The molecule has 1 heterocycles. The number of carbonyl (C=O) groups excluding carboxylic acids is 1. The van der Waals surface area contributed by atoms with Gasteiger partial charge in [-0.15, -0.1) is 0 Å². The molecule has 1 amide bonds. The van der Waals surface area contributed by atoms with Gasteiger partial charge in [0.2, 0.25) is 15.9 Å². The molecule has 3 rings (SSSR count). The van der Waals surface area contributed by atoms with E-state index in [1.807, 2.05) is 11.0 Å². The second-order valence-electron chi connectivity index (χ2n) is 7.42. The van der Waals surface area contributed by atoms with E-state index in [1.165, 1.54) is 16.4 Å². The molecule has 1 aromatic carbocycles. The number of carbonyl (C=O) groups is 1. The zero-order valence-corrected chi connectivity index (χ0v) is 16.6. The Labute approximate surface area is 165 Å². The van der Waals surface area contributed by atoms with E-state index in [1.54, 1.807) is 19.1 Å². The Bertz CT molecular complexity index is 937. The predicted molar refractivity (Wildman–Crippen MR) is 101 cm³/mol. The number of piperazine rings is 1. The van der Waals surface area contributed by atoms with Crippen molar-refractivity contribution in [2.45, 2.75) is 30.2 Å². The number of rotatable bonds is 6. The summed E-state index contributed by atoms with van der Waals surface area (Å²) >= 11 is 0. The minimum absolute atomic E-state index is 0.0120. The average molecular weight is 401 g/mol. The van der Waals surface area contributed by atoms with Gasteiger partial charge in [0.25, 0.3) is 0 Å². The third-order valence-electron chi connectivity index (χ3n) is 5.35. The van der Waals surface area contributed by atoms with E-state index < -0.39 is 15.6 Å². The Balaban J connectivity index is 1.58. The van der Waals surface area contributed by atoms with Gasteiger partial charge in [-0.05, 0) is 37.8 Å². The summed E-state index contributed by atoms with van der Waals surface area (Å²) in [7, 11) is -3.75. The van der Waals surface area contributed by atoms with Crippen LogP contribution in [0, 0.1) is 28.6 Å². The maximum absolute atomic E-state index is 12.8. The van der Waals surface area contributed by atoms with E-state index in [-0.39, 0.29) is 41.9 Å². The third kappa shape index (κ3) is 4.17. The summed E-state index contributed by atoms with van der Waals surface area (Å²) in [6.07, 6.45) is 1.90. The summed E-state index contributed by atoms with van der Waals surface area (Å²) in [5.74, 6) is -0.00859. The van der Waals surface area contributed by atoms with Gasteiger partial charge in [-0.2, -0.15) is 14.8 Å². The van der Waals surface area contributed by atoms with Crippen LogP contribution in [-0.4, -0.2) is 61.8 Å². The van der Waals surface area contributed by atoms with Crippen LogP contribution in [-0.2, 0) is 14.8 Å². The lowest BCUT2D eigenvalue weighted by atomic mass is 9.98. The second kappa shape index (κ2) is 7.88. The fourth-order valence-corrected chi connectivity index (χ4v) is 5.03. The lowest BCUT2D eigenvalue weighted by molar-refractivity contribution is -0.123. The molecule has 1 aliphatic carbocycles. The Morgan fingerprint density at radius 2 is 1.86 bits per heavy atom. The number of nitrogens with one attached hydrogen (secondary N) is 1. The van der Waals surface area contributed by atoms with Gasteiger partial charge in [-0.25, -0.2) is 8.42 Å². The lowest BCUT2D eigenvalue weighted by Crippen LogP contribution is -2.54. The number of nitrogens with zero attached hydrogens (tertiary/aromatic N) is 4. The first-order chi connectivity index (χ1) is 13.3. The van der Waals surface area contributed by atoms with Crippen LogP contribution in [0.3, 0.4) is 0 Å². The van der Waals surface area contributed by atoms with Crippen molar-refractivity contribution in [3.8, 4) is 12.1 Å². The van der Waals surface area contributed by atoms with Crippen LogP contribution in [0.25, 0.3) is 0 Å². The van der Waals surface area contributed by atoms with Gasteiger partial charge < -0.3 is 5.32 Å². The predicted octanol–water partition coefficient (Wildman–Crippen LogP) is 0.673. The second-order valence-corrected chi connectivity index (χ2v) is 9.33. The van der Waals surface area contributed by atoms with Crippen LogP contribution in [0.5, 0.6) is 0 Å². The van der Waals surface area contributed by atoms with E-state index in [9.17, 15) is 18.5 Å². The summed E-state index contributed by atoms with van der Waals surface area (Å²) in [5, 5.41) is 21.3. The highest BCUT2D eigenvalue weighted by Gasteiger charge is 2.43. The number of hydrogen-bond acceptors (Lipinski definition) is 6. The van der Waals surface area contributed by atoms with Gasteiger partial charge in [-0.3, -0.25) is 9.69 Å². The number of benzene rings is 1. The maximum Gasteiger partial charge on any atom is 0.244 e. The summed E-state index contributed by atoms with van der Waals surface area (Å²) in [6.45, 7) is 3.19. The van der Waals surface area contributed by atoms with E-state index in [0.29, 0.717) is 13.1 Å². The number of amides is 1. The molecular weight excluding hydrogens is 378 g/mol. The van der Waals surface area contributed by atoms with Gasteiger partial charge in [-0.1, -0.05) is 12.1 Å². The summed E-state index contributed by atoms with van der Waals surface area (Å²) in [4.78, 5) is 14.2. The van der Waals surface area contributed by atoms with Crippen LogP contribution in [0.4, 0.5) is 0 Å². The van der Waals surface area contributed by atoms with Crippen molar-refractivity contribution < 1.29 is 13.2 Å². The van der Waals surface area contributed by atoms with Crippen LogP contribution in [0.1, 0.15) is 25.3 Å². The Morgan fingerprint density at radius 3 is 2.43 bits per heavy atom. The molecule has 9 heteroatoms. The van der Waals surface area contributed by atoms with E-state index in [4.69, 9.17) is 5.26 Å². The largest absolute Gasteiger partial charge is 0.337 e. The molecule has 1 saturated heterocycles. The van der Waals surface area contributed by atoms with Crippen molar-refractivity contribution in [3.63, 3.8) is 0 Å². The van der Waals surface area contributed by atoms with Crippen molar-refractivity contribution >= 4 is 15.9 Å². The Hall–Kier alpha value is -2.46. The molecule has 0 unspecified atom stereocenters. The zero-order chi connectivity index (χ0) is 20.4. The Morgan fingerprint density at radius 1 is 1.21 bits per heavy atom. The van der Waals surface area contributed by atoms with E-state index >= 15 is 0 Å². The quantitative estimate of drug-likeness (QED) is 0.749. The van der Waals surface area contributed by atoms with Crippen molar-refractivity contribution in [1.29, 1.82) is 10.5 Å². The first-order valence-electron chi connectivity index (χ1n) is 9.24. The monoisotopic (exact) mass is 401 g/mol. The lowest BCUT2D eigenvalue weighted by Gasteiger charge is -2.34. The van der Waals surface area contributed by atoms with Crippen LogP contribution in [0.15, 0.2) is 29.2 Å². The average Bonchev–Trinajstić information content (AvgIpc) is 3.54. The minimum Gasteiger partial charge on any atom is -0.337 e. The molecule has 148 valence electrons. The molecule has 1 N–H and O–H groups in total. The number of sulfonamides is 1. The molecule has 0 aromatic heterocycles. The standard InChI is InChI=1S/C19H23N5O3S/c1-19(14-21,16-6-7-16)22-18(25)13-23-8-10-24(11-9-23)28(26,27)17-5-3-2-4-15(17)12-20/h2-5,16H,6-11,13H2,1H3,(H,22,25)/t19-/m1/s1. The Kier molecular flexibility index (Phi) is 5.71.